The third-order valence-corrected chi connectivity index (χ3v) is 3.66. The zero-order valence-corrected chi connectivity index (χ0v) is 13.4. The van der Waals surface area contributed by atoms with E-state index in [2.05, 4.69) is 10.4 Å². The molecule has 3 rings (SSSR count). The van der Waals surface area contributed by atoms with E-state index >= 15 is 0 Å². The molecule has 0 aliphatic rings. The van der Waals surface area contributed by atoms with Crippen molar-refractivity contribution in [2.45, 2.75) is 6.04 Å². The molecule has 0 bridgehead atoms. The van der Waals surface area contributed by atoms with Crippen LogP contribution >= 0.6 is 0 Å². The van der Waals surface area contributed by atoms with Gasteiger partial charge in [-0.3, -0.25) is 9.48 Å². The highest BCUT2D eigenvalue weighted by Crippen LogP contribution is 2.21. The van der Waals surface area contributed by atoms with Gasteiger partial charge < -0.3 is 15.5 Å². The molecule has 0 fully saturated rings. The van der Waals surface area contributed by atoms with Gasteiger partial charge in [0.2, 0.25) is 0 Å². The molecule has 1 unspecified atom stereocenters. The van der Waals surface area contributed by atoms with E-state index in [-0.39, 0.29) is 17.9 Å². The number of nitrogens with zero attached hydrogens (tertiary/aromatic N) is 2. The smallest absolute Gasteiger partial charge is 0.287 e. The number of benzene rings is 1. The number of carbonyl (C=O) groups excluding carboxylic acids is 1. The lowest BCUT2D eigenvalue weighted by Crippen LogP contribution is -2.32. The molecule has 0 aliphatic heterocycles. The van der Waals surface area contributed by atoms with E-state index < -0.39 is 23.6 Å². The highest BCUT2D eigenvalue weighted by molar-refractivity contribution is 5.92. The first kappa shape index (κ1) is 16.8. The van der Waals surface area contributed by atoms with Crippen molar-refractivity contribution in [2.75, 3.05) is 6.54 Å². The molecule has 3 aromatic rings. The van der Waals surface area contributed by atoms with E-state index in [0.29, 0.717) is 5.76 Å². The Kier molecular flexibility index (Phi) is 4.62. The Bertz CT molecular complexity index is 904. The minimum atomic E-state index is -0.808. The number of amides is 1. The molecular formula is C17H16F2N4O2. The van der Waals surface area contributed by atoms with Gasteiger partial charge in [-0.05, 0) is 18.2 Å². The number of nitrogens with one attached hydrogen (secondary N) is 1. The van der Waals surface area contributed by atoms with Crippen LogP contribution in [0.2, 0.25) is 0 Å². The lowest BCUT2D eigenvalue weighted by molar-refractivity contribution is 0.0924. The van der Waals surface area contributed by atoms with Crippen molar-refractivity contribution in [1.82, 2.24) is 15.1 Å². The molecule has 2 aromatic heterocycles. The molecule has 0 saturated heterocycles. The zero-order valence-electron chi connectivity index (χ0n) is 13.4. The van der Waals surface area contributed by atoms with Gasteiger partial charge in [0.15, 0.2) is 5.76 Å². The van der Waals surface area contributed by atoms with Crippen molar-refractivity contribution in [3.8, 4) is 11.3 Å². The topological polar surface area (TPSA) is 86.1 Å². The Morgan fingerprint density at radius 2 is 2.16 bits per heavy atom. The van der Waals surface area contributed by atoms with Gasteiger partial charge >= 0.3 is 0 Å². The number of halogens is 2. The number of carbonyl (C=O) groups is 1. The number of aryl methyl sites for hydroxylation is 1. The molecule has 8 heteroatoms. The fourth-order valence-corrected chi connectivity index (χ4v) is 2.37. The number of rotatable bonds is 5. The second kappa shape index (κ2) is 6.86. The molecule has 0 saturated carbocycles. The fraction of sp³-hybridized carbons (Fsp3) is 0.176. The van der Waals surface area contributed by atoms with Gasteiger partial charge in [0, 0.05) is 31.4 Å². The molecule has 1 amide bonds. The van der Waals surface area contributed by atoms with E-state index in [9.17, 15) is 13.6 Å². The van der Waals surface area contributed by atoms with Crippen LogP contribution in [0.15, 0.2) is 47.1 Å². The van der Waals surface area contributed by atoms with Crippen LogP contribution in [-0.4, -0.2) is 22.2 Å². The number of hydrogen-bond donors (Lipinski definition) is 2. The average Bonchev–Trinajstić information content (AvgIpc) is 3.21. The van der Waals surface area contributed by atoms with Gasteiger partial charge in [-0.2, -0.15) is 5.10 Å². The molecule has 2 heterocycles. The molecule has 1 aromatic carbocycles. The first-order chi connectivity index (χ1) is 11.9. The third-order valence-electron chi connectivity index (χ3n) is 3.66. The summed E-state index contributed by atoms with van der Waals surface area (Å²) < 4.78 is 33.7. The van der Waals surface area contributed by atoms with E-state index in [1.54, 1.807) is 30.2 Å². The molecule has 3 N–H and O–H groups in total. The molecule has 1 atom stereocenters. The molecule has 25 heavy (non-hydrogen) atoms. The Hall–Kier alpha value is -3.00. The maximum absolute atomic E-state index is 13.7. The quantitative estimate of drug-likeness (QED) is 0.743. The summed E-state index contributed by atoms with van der Waals surface area (Å²) >= 11 is 0. The Labute approximate surface area is 142 Å². The maximum atomic E-state index is 13.7. The standard InChI is InChI=1S/C17H16F2N4O2/c1-23-9-10(7-22-23)15-4-5-16(25-15)17(24)21-8-14(20)12-3-2-11(18)6-13(12)19/h2-7,9,14H,8,20H2,1H3,(H,21,24). The van der Waals surface area contributed by atoms with Crippen LogP contribution in [0.3, 0.4) is 0 Å². The summed E-state index contributed by atoms with van der Waals surface area (Å²) in [5.41, 5.74) is 6.72. The first-order valence-electron chi connectivity index (χ1n) is 7.51. The molecule has 0 radical (unpaired) electrons. The number of hydrogen-bond acceptors (Lipinski definition) is 4. The van der Waals surface area contributed by atoms with Crippen LogP contribution in [0.4, 0.5) is 8.78 Å². The SMILES string of the molecule is Cn1cc(-c2ccc(C(=O)NCC(N)c3ccc(F)cc3F)o2)cn1. The predicted octanol–water partition coefficient (Wildman–Crippen LogP) is 2.39. The molecule has 130 valence electrons. The summed E-state index contributed by atoms with van der Waals surface area (Å²) in [6.45, 7) is -0.0235. The van der Waals surface area contributed by atoms with Crippen LogP contribution in [0.5, 0.6) is 0 Å². The summed E-state index contributed by atoms with van der Waals surface area (Å²) in [7, 11) is 1.77. The van der Waals surface area contributed by atoms with E-state index in [1.807, 2.05) is 0 Å². The predicted molar refractivity (Wildman–Crippen MR) is 86.5 cm³/mol. The van der Waals surface area contributed by atoms with Gasteiger partial charge in [-0.1, -0.05) is 6.07 Å². The van der Waals surface area contributed by atoms with E-state index in [0.717, 1.165) is 17.7 Å². The van der Waals surface area contributed by atoms with Gasteiger partial charge in [-0.15, -0.1) is 0 Å². The van der Waals surface area contributed by atoms with Gasteiger partial charge in [0.25, 0.3) is 5.91 Å². The van der Waals surface area contributed by atoms with Crippen molar-refractivity contribution < 1.29 is 18.0 Å². The molecule has 6 nitrogen and oxygen atoms in total. The second-order valence-electron chi connectivity index (χ2n) is 5.55. The lowest BCUT2D eigenvalue weighted by atomic mass is 10.1. The molecular weight excluding hydrogens is 330 g/mol. The van der Waals surface area contributed by atoms with Crippen LogP contribution in [0.25, 0.3) is 11.3 Å². The monoisotopic (exact) mass is 346 g/mol. The van der Waals surface area contributed by atoms with Crippen LogP contribution in [0, 0.1) is 11.6 Å². The van der Waals surface area contributed by atoms with Crippen molar-refractivity contribution >= 4 is 5.91 Å². The van der Waals surface area contributed by atoms with Gasteiger partial charge in [0.05, 0.1) is 17.8 Å². The van der Waals surface area contributed by atoms with Crippen LogP contribution < -0.4 is 11.1 Å². The van der Waals surface area contributed by atoms with Crippen molar-refractivity contribution in [3.63, 3.8) is 0 Å². The van der Waals surface area contributed by atoms with E-state index in [1.165, 1.54) is 12.1 Å². The van der Waals surface area contributed by atoms with E-state index in [4.69, 9.17) is 10.2 Å². The second-order valence-corrected chi connectivity index (χ2v) is 5.55. The number of furan rings is 1. The normalized spacial score (nSPS) is 12.2. The van der Waals surface area contributed by atoms with Crippen molar-refractivity contribution in [2.24, 2.45) is 12.8 Å². The Morgan fingerprint density at radius 1 is 1.36 bits per heavy atom. The molecule has 0 spiro atoms. The Morgan fingerprint density at radius 3 is 2.84 bits per heavy atom. The lowest BCUT2D eigenvalue weighted by Gasteiger charge is -2.13. The van der Waals surface area contributed by atoms with Gasteiger partial charge in [0.1, 0.15) is 17.4 Å². The zero-order chi connectivity index (χ0) is 18.0. The van der Waals surface area contributed by atoms with Gasteiger partial charge in [-0.25, -0.2) is 8.78 Å². The summed E-state index contributed by atoms with van der Waals surface area (Å²) in [6.07, 6.45) is 3.38. The average molecular weight is 346 g/mol. The van der Waals surface area contributed by atoms with Crippen molar-refractivity contribution in [1.29, 1.82) is 0 Å². The van der Waals surface area contributed by atoms with Crippen LogP contribution in [-0.2, 0) is 7.05 Å². The summed E-state index contributed by atoms with van der Waals surface area (Å²) in [5.74, 6) is -1.31. The van der Waals surface area contributed by atoms with Crippen molar-refractivity contribution in [3.05, 3.63) is 65.7 Å². The third kappa shape index (κ3) is 3.74. The number of nitrogens with two attached hydrogens (primary N) is 1. The minimum Gasteiger partial charge on any atom is -0.451 e. The summed E-state index contributed by atoms with van der Waals surface area (Å²) in [4.78, 5) is 12.1. The Balaban J connectivity index is 1.63. The minimum absolute atomic E-state index is 0.0235. The largest absolute Gasteiger partial charge is 0.451 e. The molecule has 0 aliphatic carbocycles. The summed E-state index contributed by atoms with van der Waals surface area (Å²) in [5, 5.41) is 6.60. The number of aromatic nitrogens is 2. The summed E-state index contributed by atoms with van der Waals surface area (Å²) in [6, 6.07) is 5.51. The maximum Gasteiger partial charge on any atom is 0.287 e. The van der Waals surface area contributed by atoms with Crippen LogP contribution in [0.1, 0.15) is 22.2 Å². The first-order valence-corrected chi connectivity index (χ1v) is 7.51. The fourth-order valence-electron chi connectivity index (χ4n) is 2.37. The highest BCUT2D eigenvalue weighted by atomic mass is 19.1. The highest BCUT2D eigenvalue weighted by Gasteiger charge is 2.16.